The molecule has 9 heteroatoms. The van der Waals surface area contributed by atoms with Crippen molar-refractivity contribution in [2.45, 2.75) is 19.8 Å². The van der Waals surface area contributed by atoms with Gasteiger partial charge in [0.2, 0.25) is 5.95 Å². The van der Waals surface area contributed by atoms with Gasteiger partial charge in [-0.05, 0) is 68.8 Å². The van der Waals surface area contributed by atoms with E-state index in [2.05, 4.69) is 42.6 Å². The van der Waals surface area contributed by atoms with Crippen LogP contribution in [0.3, 0.4) is 0 Å². The fourth-order valence-corrected chi connectivity index (χ4v) is 3.81. The minimum Gasteiger partial charge on any atom is -0.497 e. The van der Waals surface area contributed by atoms with Crippen molar-refractivity contribution in [2.24, 2.45) is 0 Å². The molecule has 9 nitrogen and oxygen atoms in total. The molecule has 0 bridgehead atoms. The van der Waals surface area contributed by atoms with E-state index in [0.717, 1.165) is 35.7 Å². The molecule has 5 rings (SSSR count). The molecule has 3 heterocycles. The summed E-state index contributed by atoms with van der Waals surface area (Å²) in [4.78, 5) is 25.6. The van der Waals surface area contributed by atoms with E-state index in [1.807, 2.05) is 19.1 Å². The normalized spacial score (nSPS) is 13.6. The van der Waals surface area contributed by atoms with Gasteiger partial charge >= 0.3 is 5.76 Å². The standard InChI is InChI=1S/C24H26N6O3/c1-15-14-25-23(29-22(15)26-17-4-5-21-20(13-17)28-24(31)33-21)27-18-10-16(11-19(12-18)32-2)6-9-30-7-3-8-30/h4-5,10-14H,3,6-9H2,1-2H3,(H,28,31)(H2,25,26,27,29). The molecule has 1 aliphatic heterocycles. The number of anilines is 4. The van der Waals surface area contributed by atoms with Crippen molar-refractivity contribution in [1.29, 1.82) is 0 Å². The van der Waals surface area contributed by atoms with Gasteiger partial charge in [-0.25, -0.2) is 9.78 Å². The first-order valence-corrected chi connectivity index (χ1v) is 11.0. The molecule has 33 heavy (non-hydrogen) atoms. The summed E-state index contributed by atoms with van der Waals surface area (Å²) in [6, 6.07) is 11.5. The molecule has 3 N–H and O–H groups in total. The molecule has 1 fully saturated rings. The number of aromatic nitrogens is 3. The number of hydrogen-bond acceptors (Lipinski definition) is 8. The van der Waals surface area contributed by atoms with Crippen LogP contribution in [0, 0.1) is 6.92 Å². The van der Waals surface area contributed by atoms with Gasteiger partial charge in [0.1, 0.15) is 11.6 Å². The van der Waals surface area contributed by atoms with E-state index >= 15 is 0 Å². The lowest BCUT2D eigenvalue weighted by molar-refractivity contribution is 0.184. The third-order valence-corrected chi connectivity index (χ3v) is 5.78. The Bertz CT molecular complexity index is 1340. The van der Waals surface area contributed by atoms with Crippen LogP contribution in [0.1, 0.15) is 17.5 Å². The van der Waals surface area contributed by atoms with Gasteiger partial charge in [0.25, 0.3) is 0 Å². The van der Waals surface area contributed by atoms with Crippen LogP contribution in [-0.4, -0.2) is 46.6 Å². The summed E-state index contributed by atoms with van der Waals surface area (Å²) in [5, 5.41) is 6.60. The third kappa shape index (κ3) is 4.83. The first-order chi connectivity index (χ1) is 16.1. The lowest BCUT2D eigenvalue weighted by Crippen LogP contribution is -2.38. The molecule has 2 aromatic carbocycles. The van der Waals surface area contributed by atoms with Gasteiger partial charge in [-0.15, -0.1) is 0 Å². The van der Waals surface area contributed by atoms with E-state index in [1.54, 1.807) is 25.4 Å². The van der Waals surface area contributed by atoms with Gasteiger partial charge < -0.3 is 24.7 Å². The first-order valence-electron chi connectivity index (χ1n) is 11.0. The molecule has 1 aliphatic rings. The molecule has 0 atom stereocenters. The molecule has 0 saturated carbocycles. The lowest BCUT2D eigenvalue weighted by atomic mass is 10.1. The predicted octanol–water partition coefficient (Wildman–Crippen LogP) is 3.96. The van der Waals surface area contributed by atoms with Crippen LogP contribution in [0.5, 0.6) is 5.75 Å². The number of oxazole rings is 1. The van der Waals surface area contributed by atoms with Crippen molar-refractivity contribution < 1.29 is 9.15 Å². The monoisotopic (exact) mass is 446 g/mol. The average molecular weight is 447 g/mol. The Labute approximate surface area is 190 Å². The summed E-state index contributed by atoms with van der Waals surface area (Å²) in [6.07, 6.45) is 4.02. The van der Waals surface area contributed by atoms with Gasteiger partial charge in [0.15, 0.2) is 5.58 Å². The number of benzene rings is 2. The highest BCUT2D eigenvalue weighted by Gasteiger charge is 2.14. The zero-order valence-electron chi connectivity index (χ0n) is 18.6. The first kappa shape index (κ1) is 21.0. The van der Waals surface area contributed by atoms with Crippen molar-refractivity contribution >= 4 is 34.2 Å². The molecule has 2 aromatic heterocycles. The topological polar surface area (TPSA) is 108 Å². The summed E-state index contributed by atoms with van der Waals surface area (Å²) in [5.74, 6) is 1.46. The number of methoxy groups -OCH3 is 1. The molecule has 0 amide bonds. The number of aryl methyl sites for hydroxylation is 1. The second kappa shape index (κ2) is 8.95. The minimum atomic E-state index is -0.477. The summed E-state index contributed by atoms with van der Waals surface area (Å²) < 4.78 is 10.6. The molecule has 0 aliphatic carbocycles. The molecule has 0 radical (unpaired) electrons. The van der Waals surface area contributed by atoms with Gasteiger partial charge in [-0.3, -0.25) is 4.98 Å². The molecular formula is C24H26N6O3. The minimum absolute atomic E-state index is 0.475. The number of ether oxygens (including phenoxy) is 1. The summed E-state index contributed by atoms with van der Waals surface area (Å²) in [5.41, 5.74) is 4.88. The average Bonchev–Trinajstić information content (AvgIpc) is 3.14. The van der Waals surface area contributed by atoms with Crippen molar-refractivity contribution in [2.75, 3.05) is 37.4 Å². The number of aromatic amines is 1. The Balaban J connectivity index is 1.35. The van der Waals surface area contributed by atoms with E-state index < -0.39 is 5.76 Å². The fraction of sp³-hybridized carbons (Fsp3) is 0.292. The van der Waals surface area contributed by atoms with Crippen LogP contribution in [0.25, 0.3) is 11.1 Å². The van der Waals surface area contributed by atoms with E-state index in [1.165, 1.54) is 25.1 Å². The van der Waals surface area contributed by atoms with Crippen LogP contribution in [0.15, 0.2) is 51.8 Å². The number of likely N-dealkylation sites (tertiary alicyclic amines) is 1. The van der Waals surface area contributed by atoms with Gasteiger partial charge in [0.05, 0.1) is 12.6 Å². The van der Waals surface area contributed by atoms with E-state index in [9.17, 15) is 4.79 Å². The highest BCUT2D eigenvalue weighted by Crippen LogP contribution is 2.26. The molecule has 170 valence electrons. The second-order valence-electron chi connectivity index (χ2n) is 8.22. The summed E-state index contributed by atoms with van der Waals surface area (Å²) in [7, 11) is 1.67. The molecule has 0 spiro atoms. The molecule has 0 unspecified atom stereocenters. The number of H-pyrrole nitrogens is 1. The number of hydrogen-bond donors (Lipinski definition) is 3. The van der Waals surface area contributed by atoms with Crippen LogP contribution in [-0.2, 0) is 6.42 Å². The summed E-state index contributed by atoms with van der Waals surface area (Å²) >= 11 is 0. The quantitative estimate of drug-likeness (QED) is 0.373. The van der Waals surface area contributed by atoms with Crippen molar-refractivity contribution in [3.8, 4) is 5.75 Å². The van der Waals surface area contributed by atoms with Crippen LogP contribution in [0.4, 0.5) is 23.1 Å². The SMILES string of the molecule is COc1cc(CCN2CCC2)cc(Nc2ncc(C)c(Nc3ccc4oc(=O)[nH]c4c3)n2)c1. The van der Waals surface area contributed by atoms with Crippen LogP contribution in [0.2, 0.25) is 0 Å². The van der Waals surface area contributed by atoms with Crippen molar-refractivity contribution in [3.63, 3.8) is 0 Å². The largest absolute Gasteiger partial charge is 0.497 e. The van der Waals surface area contributed by atoms with Crippen molar-refractivity contribution in [3.05, 3.63) is 64.3 Å². The number of nitrogens with one attached hydrogen (secondary N) is 3. The smallest absolute Gasteiger partial charge is 0.417 e. The van der Waals surface area contributed by atoms with Crippen LogP contribution >= 0.6 is 0 Å². The zero-order chi connectivity index (χ0) is 22.8. The number of rotatable bonds is 8. The Hall–Kier alpha value is -3.85. The van der Waals surface area contributed by atoms with Gasteiger partial charge in [-0.2, -0.15) is 4.98 Å². The highest BCUT2D eigenvalue weighted by molar-refractivity contribution is 5.78. The number of nitrogens with zero attached hydrogens (tertiary/aromatic N) is 3. The fourth-order valence-electron chi connectivity index (χ4n) is 3.81. The Morgan fingerprint density at radius 3 is 2.82 bits per heavy atom. The molecule has 1 saturated heterocycles. The van der Waals surface area contributed by atoms with E-state index in [-0.39, 0.29) is 0 Å². The highest BCUT2D eigenvalue weighted by atomic mass is 16.5. The van der Waals surface area contributed by atoms with Crippen LogP contribution < -0.4 is 21.1 Å². The van der Waals surface area contributed by atoms with Gasteiger partial charge in [-0.1, -0.05) is 0 Å². The van der Waals surface area contributed by atoms with E-state index in [0.29, 0.717) is 22.9 Å². The van der Waals surface area contributed by atoms with E-state index in [4.69, 9.17) is 9.15 Å². The predicted molar refractivity (Wildman–Crippen MR) is 128 cm³/mol. The number of fused-ring (bicyclic) bond motifs is 1. The van der Waals surface area contributed by atoms with Crippen molar-refractivity contribution in [1.82, 2.24) is 19.9 Å². The molecular weight excluding hydrogens is 420 g/mol. The lowest BCUT2D eigenvalue weighted by Gasteiger charge is -2.30. The summed E-state index contributed by atoms with van der Waals surface area (Å²) in [6.45, 7) is 5.36. The Morgan fingerprint density at radius 2 is 2.03 bits per heavy atom. The second-order valence-corrected chi connectivity index (χ2v) is 8.22. The Morgan fingerprint density at radius 1 is 1.15 bits per heavy atom. The third-order valence-electron chi connectivity index (χ3n) is 5.78. The van der Waals surface area contributed by atoms with Gasteiger partial charge in [0, 0.05) is 35.7 Å². The maximum atomic E-state index is 11.4. The zero-order valence-corrected chi connectivity index (χ0v) is 18.6. The maximum Gasteiger partial charge on any atom is 0.417 e. The maximum absolute atomic E-state index is 11.4. The molecule has 4 aromatic rings. The Kier molecular flexibility index (Phi) is 5.70.